The minimum atomic E-state index is -1.26. The summed E-state index contributed by atoms with van der Waals surface area (Å²) >= 11 is 0. The summed E-state index contributed by atoms with van der Waals surface area (Å²) in [6, 6.07) is 7.22. The molecular weight excluding hydrogens is 332 g/mol. The van der Waals surface area contributed by atoms with Crippen molar-refractivity contribution in [2.24, 2.45) is 0 Å². The van der Waals surface area contributed by atoms with E-state index in [2.05, 4.69) is 28.4 Å². The predicted octanol–water partition coefficient (Wildman–Crippen LogP) is 2.07. The molecule has 0 aromatic heterocycles. The maximum Gasteiger partial charge on any atom is 0.328 e. The van der Waals surface area contributed by atoms with Gasteiger partial charge in [-0.15, -0.1) is 0 Å². The van der Waals surface area contributed by atoms with Crippen LogP contribution in [0, 0.1) is 0 Å². The van der Waals surface area contributed by atoms with E-state index in [0.717, 1.165) is 19.6 Å². The van der Waals surface area contributed by atoms with Gasteiger partial charge in [0.25, 0.3) is 0 Å². The van der Waals surface area contributed by atoms with E-state index < -0.39 is 11.9 Å². The fraction of sp³-hybridized carbons (Fsp3) is 0.500. The highest BCUT2D eigenvalue weighted by Crippen LogP contribution is 2.22. The highest BCUT2D eigenvalue weighted by molar-refractivity contribution is 5.89. The van der Waals surface area contributed by atoms with Crippen molar-refractivity contribution in [2.75, 3.05) is 26.2 Å². The van der Waals surface area contributed by atoms with Crippen molar-refractivity contribution in [1.29, 1.82) is 0 Å². The summed E-state index contributed by atoms with van der Waals surface area (Å²) in [6.45, 7) is 5.80. The largest absolute Gasteiger partial charge is 0.478 e. The van der Waals surface area contributed by atoms with Gasteiger partial charge in [0.05, 0.1) is 0 Å². The van der Waals surface area contributed by atoms with Gasteiger partial charge in [0.2, 0.25) is 0 Å². The van der Waals surface area contributed by atoms with Crippen LogP contribution in [0.2, 0.25) is 0 Å². The van der Waals surface area contributed by atoms with Crippen LogP contribution in [0.4, 0.5) is 0 Å². The van der Waals surface area contributed by atoms with Gasteiger partial charge in [-0.25, -0.2) is 9.59 Å². The Balaban J connectivity index is 0.000000260. The van der Waals surface area contributed by atoms with Gasteiger partial charge in [-0.1, -0.05) is 24.6 Å². The number of carbonyl (C=O) groups is 2. The van der Waals surface area contributed by atoms with Gasteiger partial charge in [-0.2, -0.15) is 0 Å². The minimum absolute atomic E-state index is 0.558. The number of aryl methyl sites for hydroxylation is 2. The second-order valence-corrected chi connectivity index (χ2v) is 6.70. The fourth-order valence-corrected chi connectivity index (χ4v) is 3.33. The number of nitrogens with one attached hydrogen (secondary N) is 1. The van der Waals surface area contributed by atoms with E-state index >= 15 is 0 Å². The van der Waals surface area contributed by atoms with Gasteiger partial charge in [-0.05, 0) is 42.4 Å². The van der Waals surface area contributed by atoms with Crippen LogP contribution in [0.3, 0.4) is 0 Å². The molecule has 3 rings (SSSR count). The average Bonchev–Trinajstić information content (AvgIpc) is 2.86. The Morgan fingerprint density at radius 3 is 2.19 bits per heavy atom. The molecule has 142 valence electrons. The second kappa shape index (κ2) is 10.7. The molecule has 0 amide bonds. The first kappa shape index (κ1) is 20.1. The number of fused-ring (bicyclic) bond motifs is 1. The zero-order valence-corrected chi connectivity index (χ0v) is 15.1. The predicted molar refractivity (Wildman–Crippen MR) is 100 cm³/mol. The van der Waals surface area contributed by atoms with Crippen LogP contribution in [0.5, 0.6) is 0 Å². The summed E-state index contributed by atoms with van der Waals surface area (Å²) < 4.78 is 0. The number of hydrogen-bond donors (Lipinski definition) is 3. The highest BCUT2D eigenvalue weighted by atomic mass is 16.4. The molecule has 26 heavy (non-hydrogen) atoms. The molecule has 2 aliphatic rings. The van der Waals surface area contributed by atoms with Gasteiger partial charge in [-0.3, -0.25) is 4.90 Å². The molecule has 6 heteroatoms. The number of hydrogen-bond acceptors (Lipinski definition) is 4. The summed E-state index contributed by atoms with van der Waals surface area (Å²) in [5, 5.41) is 19.0. The Morgan fingerprint density at radius 1 is 0.962 bits per heavy atom. The second-order valence-electron chi connectivity index (χ2n) is 6.70. The van der Waals surface area contributed by atoms with E-state index in [-0.39, 0.29) is 0 Å². The van der Waals surface area contributed by atoms with E-state index in [1.54, 1.807) is 11.1 Å². The van der Waals surface area contributed by atoms with Crippen LogP contribution in [0.15, 0.2) is 30.4 Å². The molecular formula is C20H28N2O4. The first-order valence-electron chi connectivity index (χ1n) is 9.22. The normalized spacial score (nSPS) is 17.7. The lowest BCUT2D eigenvalue weighted by atomic mass is 10.00. The van der Waals surface area contributed by atoms with Crippen molar-refractivity contribution in [2.45, 2.75) is 38.6 Å². The number of aliphatic carboxylic acids is 2. The first-order valence-corrected chi connectivity index (χ1v) is 9.22. The summed E-state index contributed by atoms with van der Waals surface area (Å²) in [5.41, 5.74) is 4.74. The summed E-state index contributed by atoms with van der Waals surface area (Å²) in [4.78, 5) is 21.7. The monoisotopic (exact) mass is 360 g/mol. The maximum absolute atomic E-state index is 9.55. The molecule has 1 saturated heterocycles. The lowest BCUT2D eigenvalue weighted by Crippen LogP contribution is -2.42. The van der Waals surface area contributed by atoms with Crippen molar-refractivity contribution < 1.29 is 19.8 Å². The van der Waals surface area contributed by atoms with Crippen molar-refractivity contribution in [1.82, 2.24) is 10.2 Å². The molecule has 0 saturated carbocycles. The SMILES string of the molecule is O=C(O)/C=C\C(=O)O.c1cc2c(cc1CN1CCNCC1)CCCCC2. The van der Waals surface area contributed by atoms with Crippen LogP contribution in [-0.4, -0.2) is 53.2 Å². The molecule has 1 aromatic carbocycles. The molecule has 0 spiro atoms. The topological polar surface area (TPSA) is 89.9 Å². The minimum Gasteiger partial charge on any atom is -0.478 e. The molecule has 0 atom stereocenters. The quantitative estimate of drug-likeness (QED) is 0.563. The number of nitrogens with zero attached hydrogens (tertiary/aromatic N) is 1. The molecule has 1 aliphatic carbocycles. The van der Waals surface area contributed by atoms with E-state index in [4.69, 9.17) is 10.2 Å². The van der Waals surface area contributed by atoms with Crippen LogP contribution in [-0.2, 0) is 29.0 Å². The van der Waals surface area contributed by atoms with Crippen LogP contribution >= 0.6 is 0 Å². The Morgan fingerprint density at radius 2 is 1.58 bits per heavy atom. The van der Waals surface area contributed by atoms with E-state index in [1.807, 2.05) is 0 Å². The molecule has 1 aromatic rings. The van der Waals surface area contributed by atoms with Gasteiger partial charge in [0.1, 0.15) is 0 Å². The van der Waals surface area contributed by atoms with E-state index in [1.165, 1.54) is 50.8 Å². The number of piperazine rings is 1. The molecule has 1 aliphatic heterocycles. The first-order chi connectivity index (χ1) is 12.5. The smallest absolute Gasteiger partial charge is 0.328 e. The summed E-state index contributed by atoms with van der Waals surface area (Å²) in [6.07, 6.45) is 7.87. The Kier molecular flexibility index (Phi) is 8.31. The van der Waals surface area contributed by atoms with Crippen LogP contribution in [0.25, 0.3) is 0 Å². The van der Waals surface area contributed by atoms with Gasteiger partial charge < -0.3 is 15.5 Å². The zero-order chi connectivity index (χ0) is 18.8. The van der Waals surface area contributed by atoms with E-state index in [0.29, 0.717) is 12.2 Å². The third kappa shape index (κ3) is 7.37. The number of benzene rings is 1. The summed E-state index contributed by atoms with van der Waals surface area (Å²) in [5.74, 6) is -2.51. The molecule has 1 heterocycles. The van der Waals surface area contributed by atoms with Crippen molar-refractivity contribution >= 4 is 11.9 Å². The van der Waals surface area contributed by atoms with Crippen molar-refractivity contribution in [3.8, 4) is 0 Å². The van der Waals surface area contributed by atoms with Crippen molar-refractivity contribution in [3.05, 3.63) is 47.0 Å². The molecule has 6 nitrogen and oxygen atoms in total. The molecule has 0 bridgehead atoms. The zero-order valence-electron chi connectivity index (χ0n) is 15.1. The van der Waals surface area contributed by atoms with Gasteiger partial charge in [0, 0.05) is 44.9 Å². The maximum atomic E-state index is 9.55. The van der Waals surface area contributed by atoms with Crippen LogP contribution < -0.4 is 5.32 Å². The molecule has 0 unspecified atom stereocenters. The lowest BCUT2D eigenvalue weighted by Gasteiger charge is -2.27. The Labute approximate surface area is 154 Å². The molecule has 0 radical (unpaired) electrons. The Hall–Kier alpha value is -2.18. The average molecular weight is 360 g/mol. The third-order valence-corrected chi connectivity index (χ3v) is 4.65. The Bertz CT molecular complexity index is 621. The van der Waals surface area contributed by atoms with Crippen molar-refractivity contribution in [3.63, 3.8) is 0 Å². The number of rotatable bonds is 4. The third-order valence-electron chi connectivity index (χ3n) is 4.65. The molecule has 3 N–H and O–H groups in total. The fourth-order valence-electron chi connectivity index (χ4n) is 3.33. The standard InChI is InChI=1S/C16H24N2.C4H4O4/c1-2-4-15-7-6-14(12-16(15)5-3-1)13-18-10-8-17-9-11-18;5-3(6)1-2-4(7)8/h6-7,12,17H,1-5,8-11,13H2;1-2H,(H,5,6)(H,7,8)/b;2-1-. The van der Waals surface area contributed by atoms with Crippen LogP contribution in [0.1, 0.15) is 36.0 Å². The lowest BCUT2D eigenvalue weighted by molar-refractivity contribution is -0.134. The van der Waals surface area contributed by atoms with Gasteiger partial charge >= 0.3 is 11.9 Å². The number of carboxylic acid groups (broad SMARTS) is 2. The van der Waals surface area contributed by atoms with Gasteiger partial charge in [0.15, 0.2) is 0 Å². The summed E-state index contributed by atoms with van der Waals surface area (Å²) in [7, 11) is 0. The van der Waals surface area contributed by atoms with E-state index in [9.17, 15) is 9.59 Å². The number of carboxylic acids is 2. The molecule has 1 fully saturated rings. The highest BCUT2D eigenvalue weighted by Gasteiger charge is 2.12.